The number of rotatable bonds is 3. The highest BCUT2D eigenvalue weighted by atomic mass is 16.5. The van der Waals surface area contributed by atoms with E-state index in [0.29, 0.717) is 24.4 Å². The third kappa shape index (κ3) is 2.98. The van der Waals surface area contributed by atoms with Crippen LogP contribution in [0.3, 0.4) is 0 Å². The van der Waals surface area contributed by atoms with Crippen LogP contribution in [0.1, 0.15) is 44.1 Å². The van der Waals surface area contributed by atoms with Crippen molar-refractivity contribution in [2.75, 3.05) is 11.9 Å². The lowest BCUT2D eigenvalue weighted by molar-refractivity contribution is -0.117. The van der Waals surface area contributed by atoms with Crippen molar-refractivity contribution in [3.8, 4) is 5.75 Å². The molecule has 4 nitrogen and oxygen atoms in total. The predicted molar refractivity (Wildman–Crippen MR) is 86.2 cm³/mol. The molecule has 2 bridgehead atoms. The van der Waals surface area contributed by atoms with E-state index in [1.165, 1.54) is 18.4 Å². The minimum Gasteiger partial charge on any atom is -0.493 e. The second-order valence-corrected chi connectivity index (χ2v) is 7.00. The molecule has 2 saturated heterocycles. The van der Waals surface area contributed by atoms with Crippen molar-refractivity contribution < 1.29 is 9.53 Å². The van der Waals surface area contributed by atoms with E-state index >= 15 is 0 Å². The Morgan fingerprint density at radius 3 is 2.91 bits per heavy atom. The van der Waals surface area contributed by atoms with Gasteiger partial charge in [-0.05, 0) is 68.2 Å². The SMILES string of the molecule is O=C(CC1C[C@H]2CC[C@@H](C1)N2)Nc1ccc2c(c1)CCCO2. The van der Waals surface area contributed by atoms with Gasteiger partial charge in [0.05, 0.1) is 6.61 Å². The molecule has 2 N–H and O–H groups in total. The van der Waals surface area contributed by atoms with Crippen LogP contribution < -0.4 is 15.4 Å². The molecule has 3 heterocycles. The summed E-state index contributed by atoms with van der Waals surface area (Å²) in [6.45, 7) is 0.802. The maximum absolute atomic E-state index is 12.3. The average molecular weight is 300 g/mol. The molecule has 0 radical (unpaired) electrons. The lowest BCUT2D eigenvalue weighted by Crippen LogP contribution is -2.39. The van der Waals surface area contributed by atoms with Gasteiger partial charge in [-0.2, -0.15) is 0 Å². The number of ether oxygens (including phenoxy) is 1. The summed E-state index contributed by atoms with van der Waals surface area (Å²) in [7, 11) is 0. The zero-order valence-corrected chi connectivity index (χ0v) is 12.9. The lowest BCUT2D eigenvalue weighted by Gasteiger charge is -2.28. The first-order valence-corrected chi connectivity index (χ1v) is 8.58. The molecule has 0 saturated carbocycles. The van der Waals surface area contributed by atoms with Gasteiger partial charge >= 0.3 is 0 Å². The Bertz CT molecular complexity index is 560. The number of amides is 1. The first-order chi connectivity index (χ1) is 10.8. The van der Waals surface area contributed by atoms with Gasteiger partial charge < -0.3 is 15.4 Å². The first kappa shape index (κ1) is 14.1. The number of aryl methyl sites for hydroxylation is 1. The summed E-state index contributed by atoms with van der Waals surface area (Å²) >= 11 is 0. The molecule has 0 aliphatic carbocycles. The molecule has 1 amide bonds. The third-order valence-electron chi connectivity index (χ3n) is 5.24. The zero-order chi connectivity index (χ0) is 14.9. The van der Waals surface area contributed by atoms with Gasteiger partial charge in [0.25, 0.3) is 0 Å². The fraction of sp³-hybridized carbons (Fsp3) is 0.611. The van der Waals surface area contributed by atoms with Crippen LogP contribution in [0.5, 0.6) is 5.75 Å². The van der Waals surface area contributed by atoms with Crippen LogP contribution in [0.15, 0.2) is 18.2 Å². The van der Waals surface area contributed by atoms with Crippen LogP contribution in [0, 0.1) is 5.92 Å². The van der Waals surface area contributed by atoms with Crippen molar-refractivity contribution in [3.63, 3.8) is 0 Å². The van der Waals surface area contributed by atoms with E-state index in [2.05, 4.69) is 16.7 Å². The van der Waals surface area contributed by atoms with Crippen LogP contribution in [-0.4, -0.2) is 24.6 Å². The number of carbonyl (C=O) groups is 1. The number of hydrogen-bond acceptors (Lipinski definition) is 3. The summed E-state index contributed by atoms with van der Waals surface area (Å²) < 4.78 is 5.62. The van der Waals surface area contributed by atoms with Gasteiger partial charge in [-0.3, -0.25) is 4.79 Å². The molecule has 4 rings (SSSR count). The number of piperidine rings is 1. The number of carbonyl (C=O) groups excluding carboxylic acids is 1. The van der Waals surface area contributed by atoms with Gasteiger partial charge in [0.15, 0.2) is 0 Å². The van der Waals surface area contributed by atoms with Crippen molar-refractivity contribution in [2.45, 2.75) is 57.0 Å². The number of hydrogen-bond donors (Lipinski definition) is 2. The summed E-state index contributed by atoms with van der Waals surface area (Å²) in [5.74, 6) is 1.67. The van der Waals surface area contributed by atoms with Gasteiger partial charge in [-0.25, -0.2) is 0 Å². The van der Waals surface area contributed by atoms with Gasteiger partial charge in [0.2, 0.25) is 5.91 Å². The highest BCUT2D eigenvalue weighted by Crippen LogP contribution is 2.33. The summed E-state index contributed by atoms with van der Waals surface area (Å²) in [5, 5.41) is 6.71. The monoisotopic (exact) mass is 300 g/mol. The minimum absolute atomic E-state index is 0.156. The second kappa shape index (κ2) is 5.92. The van der Waals surface area contributed by atoms with Gasteiger partial charge in [0, 0.05) is 24.2 Å². The van der Waals surface area contributed by atoms with Gasteiger partial charge in [-0.15, -0.1) is 0 Å². The Kier molecular flexibility index (Phi) is 3.78. The summed E-state index contributed by atoms with van der Waals surface area (Å²) in [6.07, 6.45) is 7.63. The van der Waals surface area contributed by atoms with Crippen LogP contribution >= 0.6 is 0 Å². The van der Waals surface area contributed by atoms with Crippen LogP contribution in [0.4, 0.5) is 5.69 Å². The minimum atomic E-state index is 0.156. The molecule has 1 aromatic rings. The third-order valence-corrected chi connectivity index (χ3v) is 5.24. The zero-order valence-electron chi connectivity index (χ0n) is 12.9. The van der Waals surface area contributed by atoms with E-state index in [1.807, 2.05) is 12.1 Å². The van der Waals surface area contributed by atoms with E-state index in [4.69, 9.17) is 4.74 Å². The molecule has 0 spiro atoms. The van der Waals surface area contributed by atoms with E-state index in [1.54, 1.807) is 0 Å². The van der Waals surface area contributed by atoms with Crippen LogP contribution in [-0.2, 0) is 11.2 Å². The molecule has 3 aliphatic rings. The second-order valence-electron chi connectivity index (χ2n) is 7.00. The number of fused-ring (bicyclic) bond motifs is 3. The number of nitrogens with one attached hydrogen (secondary N) is 2. The van der Waals surface area contributed by atoms with E-state index in [-0.39, 0.29) is 5.91 Å². The fourth-order valence-corrected chi connectivity index (χ4v) is 4.25. The van der Waals surface area contributed by atoms with Gasteiger partial charge in [-0.1, -0.05) is 0 Å². The molecule has 2 fully saturated rings. The molecule has 22 heavy (non-hydrogen) atoms. The van der Waals surface area contributed by atoms with Crippen LogP contribution in [0.25, 0.3) is 0 Å². The van der Waals surface area contributed by atoms with Crippen LogP contribution in [0.2, 0.25) is 0 Å². The van der Waals surface area contributed by atoms with Gasteiger partial charge in [0.1, 0.15) is 5.75 Å². The molecule has 4 heteroatoms. The maximum atomic E-state index is 12.3. The van der Waals surface area contributed by atoms with E-state index in [0.717, 1.165) is 43.7 Å². The molecular weight excluding hydrogens is 276 g/mol. The molecule has 3 atom stereocenters. The summed E-state index contributed by atoms with van der Waals surface area (Å²) in [6, 6.07) is 7.30. The van der Waals surface area contributed by atoms with Crippen molar-refractivity contribution in [2.24, 2.45) is 5.92 Å². The molecule has 0 aromatic heterocycles. The Hall–Kier alpha value is -1.55. The Morgan fingerprint density at radius 2 is 2.09 bits per heavy atom. The predicted octanol–water partition coefficient (Wildman–Crippen LogP) is 2.87. The average Bonchev–Trinajstić information content (AvgIpc) is 2.86. The highest BCUT2D eigenvalue weighted by Gasteiger charge is 2.34. The standard InChI is InChI=1S/C18H24N2O2/c21-18(10-12-8-14-3-4-15(9-12)19-14)20-16-5-6-17-13(11-16)2-1-7-22-17/h5-6,11-12,14-15,19H,1-4,7-10H2,(H,20,21)/t12?,14-,15+. The molecule has 1 unspecified atom stereocenters. The van der Waals surface area contributed by atoms with Crippen molar-refractivity contribution in [1.29, 1.82) is 0 Å². The fourth-order valence-electron chi connectivity index (χ4n) is 4.25. The maximum Gasteiger partial charge on any atom is 0.224 e. The quantitative estimate of drug-likeness (QED) is 0.902. The molecular formula is C18H24N2O2. The Balaban J connectivity index is 1.35. The summed E-state index contributed by atoms with van der Waals surface area (Å²) in [4.78, 5) is 12.3. The normalized spacial score (nSPS) is 29.5. The topological polar surface area (TPSA) is 50.4 Å². The lowest BCUT2D eigenvalue weighted by atomic mass is 9.89. The molecule has 1 aromatic carbocycles. The van der Waals surface area contributed by atoms with Crippen molar-refractivity contribution in [1.82, 2.24) is 5.32 Å². The Morgan fingerprint density at radius 1 is 1.27 bits per heavy atom. The summed E-state index contributed by atoms with van der Waals surface area (Å²) in [5.41, 5.74) is 2.12. The first-order valence-electron chi connectivity index (χ1n) is 8.58. The van der Waals surface area contributed by atoms with Crippen molar-refractivity contribution >= 4 is 11.6 Å². The van der Waals surface area contributed by atoms with E-state index in [9.17, 15) is 4.79 Å². The van der Waals surface area contributed by atoms with Crippen molar-refractivity contribution in [3.05, 3.63) is 23.8 Å². The number of benzene rings is 1. The Labute approximate surface area is 131 Å². The largest absolute Gasteiger partial charge is 0.493 e. The molecule has 3 aliphatic heterocycles. The highest BCUT2D eigenvalue weighted by molar-refractivity contribution is 5.91. The van der Waals surface area contributed by atoms with E-state index < -0.39 is 0 Å². The smallest absolute Gasteiger partial charge is 0.224 e. The molecule has 118 valence electrons. The number of anilines is 1.